The quantitative estimate of drug-likeness (QED) is 0.821. The fourth-order valence-electron chi connectivity index (χ4n) is 2.15. The predicted octanol–water partition coefficient (Wildman–Crippen LogP) is 2.24. The van der Waals surface area contributed by atoms with E-state index in [9.17, 15) is 4.79 Å². The van der Waals surface area contributed by atoms with Crippen LogP contribution in [0.3, 0.4) is 0 Å². The van der Waals surface area contributed by atoms with Crippen molar-refractivity contribution in [2.75, 3.05) is 18.4 Å². The minimum absolute atomic E-state index is 0.121. The van der Waals surface area contributed by atoms with Crippen molar-refractivity contribution in [2.45, 2.75) is 27.2 Å². The molecule has 1 aliphatic rings. The summed E-state index contributed by atoms with van der Waals surface area (Å²) in [6, 6.07) is 6.13. The van der Waals surface area contributed by atoms with Crippen LogP contribution in [0.5, 0.6) is 0 Å². The Morgan fingerprint density at radius 3 is 2.82 bits per heavy atom. The number of anilines is 1. The van der Waals surface area contributed by atoms with Gasteiger partial charge in [-0.2, -0.15) is 0 Å². The molecule has 17 heavy (non-hydrogen) atoms. The van der Waals surface area contributed by atoms with E-state index in [2.05, 4.69) is 16.7 Å². The van der Waals surface area contributed by atoms with Crippen molar-refractivity contribution >= 4 is 11.6 Å². The van der Waals surface area contributed by atoms with Gasteiger partial charge in [0.15, 0.2) is 0 Å². The van der Waals surface area contributed by atoms with E-state index in [1.807, 2.05) is 32.9 Å². The van der Waals surface area contributed by atoms with Crippen molar-refractivity contribution in [3.8, 4) is 0 Å². The average Bonchev–Trinajstić information content (AvgIpc) is 2.72. The summed E-state index contributed by atoms with van der Waals surface area (Å²) in [4.78, 5) is 12.2. The van der Waals surface area contributed by atoms with E-state index in [0.717, 1.165) is 30.8 Å². The highest BCUT2D eigenvalue weighted by molar-refractivity contribution is 5.96. The van der Waals surface area contributed by atoms with Gasteiger partial charge in [0.25, 0.3) is 0 Å². The van der Waals surface area contributed by atoms with E-state index in [4.69, 9.17) is 0 Å². The molecule has 0 spiro atoms. The van der Waals surface area contributed by atoms with Crippen molar-refractivity contribution in [1.29, 1.82) is 0 Å². The molecule has 0 bridgehead atoms. The molecule has 2 N–H and O–H groups in total. The van der Waals surface area contributed by atoms with Gasteiger partial charge in [0.05, 0.1) is 5.41 Å². The number of carbonyl (C=O) groups is 1. The number of hydrogen-bond donors (Lipinski definition) is 2. The molecule has 0 saturated carbocycles. The maximum absolute atomic E-state index is 12.2. The van der Waals surface area contributed by atoms with Gasteiger partial charge in [0, 0.05) is 12.2 Å². The van der Waals surface area contributed by atoms with Crippen molar-refractivity contribution in [2.24, 2.45) is 5.41 Å². The lowest BCUT2D eigenvalue weighted by atomic mass is 9.88. The first kappa shape index (κ1) is 12.1. The number of benzene rings is 1. The Morgan fingerprint density at radius 2 is 2.18 bits per heavy atom. The van der Waals surface area contributed by atoms with E-state index in [0.29, 0.717) is 0 Å². The zero-order chi connectivity index (χ0) is 12.5. The van der Waals surface area contributed by atoms with Crippen LogP contribution in [0.4, 0.5) is 5.69 Å². The number of amides is 1. The zero-order valence-electron chi connectivity index (χ0n) is 10.8. The molecule has 3 heteroatoms. The summed E-state index contributed by atoms with van der Waals surface area (Å²) < 4.78 is 0. The predicted molar refractivity (Wildman–Crippen MR) is 70.1 cm³/mol. The molecule has 1 fully saturated rings. The molecule has 1 aromatic rings. The molecule has 1 amide bonds. The number of nitrogens with one attached hydrogen (secondary N) is 2. The van der Waals surface area contributed by atoms with Gasteiger partial charge < -0.3 is 10.6 Å². The molecule has 1 atom stereocenters. The standard InChI is InChI=1S/C14H20N2O/c1-10-4-5-11(2)12(8-10)16-13(17)14(3)6-7-15-9-14/h4-5,8,15H,6-7,9H2,1-3H3,(H,16,17). The van der Waals surface area contributed by atoms with Gasteiger partial charge in [-0.1, -0.05) is 12.1 Å². The zero-order valence-corrected chi connectivity index (χ0v) is 10.8. The molecule has 1 heterocycles. The third-order valence-corrected chi connectivity index (χ3v) is 3.56. The Labute approximate surface area is 103 Å². The van der Waals surface area contributed by atoms with Crippen molar-refractivity contribution < 1.29 is 4.79 Å². The SMILES string of the molecule is Cc1ccc(C)c(NC(=O)C2(C)CCNC2)c1. The number of hydrogen-bond acceptors (Lipinski definition) is 2. The third kappa shape index (κ3) is 2.50. The maximum atomic E-state index is 12.2. The molecule has 92 valence electrons. The second-order valence-corrected chi connectivity index (χ2v) is 5.26. The molecular formula is C14H20N2O. The van der Waals surface area contributed by atoms with Crippen LogP contribution in [0.1, 0.15) is 24.5 Å². The Balaban J connectivity index is 2.15. The highest BCUT2D eigenvalue weighted by atomic mass is 16.2. The Kier molecular flexibility index (Phi) is 3.20. The average molecular weight is 232 g/mol. The normalized spacial score (nSPS) is 23.7. The molecule has 1 saturated heterocycles. The van der Waals surface area contributed by atoms with E-state index < -0.39 is 0 Å². The summed E-state index contributed by atoms with van der Waals surface area (Å²) in [5, 5.41) is 6.30. The second kappa shape index (κ2) is 4.49. The Morgan fingerprint density at radius 1 is 1.41 bits per heavy atom. The summed E-state index contributed by atoms with van der Waals surface area (Å²) in [7, 11) is 0. The molecule has 1 aliphatic heterocycles. The van der Waals surface area contributed by atoms with E-state index in [1.165, 1.54) is 5.56 Å². The minimum Gasteiger partial charge on any atom is -0.325 e. The van der Waals surface area contributed by atoms with Crippen LogP contribution in [0.2, 0.25) is 0 Å². The minimum atomic E-state index is -0.268. The Hall–Kier alpha value is -1.35. The highest BCUT2D eigenvalue weighted by Crippen LogP contribution is 2.27. The monoisotopic (exact) mass is 232 g/mol. The van der Waals surface area contributed by atoms with Gasteiger partial charge in [-0.3, -0.25) is 4.79 Å². The molecular weight excluding hydrogens is 212 g/mol. The molecule has 0 aromatic heterocycles. The molecule has 1 unspecified atom stereocenters. The first-order valence-electron chi connectivity index (χ1n) is 6.11. The second-order valence-electron chi connectivity index (χ2n) is 5.26. The summed E-state index contributed by atoms with van der Waals surface area (Å²) in [6.45, 7) is 7.77. The molecule has 1 aromatic carbocycles. The van der Waals surface area contributed by atoms with E-state index in [-0.39, 0.29) is 11.3 Å². The van der Waals surface area contributed by atoms with Gasteiger partial charge in [0.2, 0.25) is 5.91 Å². The smallest absolute Gasteiger partial charge is 0.231 e. The molecule has 2 rings (SSSR count). The van der Waals surface area contributed by atoms with Gasteiger partial charge in [-0.05, 0) is 50.9 Å². The van der Waals surface area contributed by atoms with E-state index >= 15 is 0 Å². The fourth-order valence-corrected chi connectivity index (χ4v) is 2.15. The van der Waals surface area contributed by atoms with Crippen LogP contribution in [0.15, 0.2) is 18.2 Å². The lowest BCUT2D eigenvalue weighted by Gasteiger charge is -2.22. The van der Waals surface area contributed by atoms with Crippen LogP contribution >= 0.6 is 0 Å². The summed E-state index contributed by atoms with van der Waals surface area (Å²) >= 11 is 0. The first-order valence-corrected chi connectivity index (χ1v) is 6.11. The fraction of sp³-hybridized carbons (Fsp3) is 0.500. The highest BCUT2D eigenvalue weighted by Gasteiger charge is 2.36. The number of aryl methyl sites for hydroxylation is 2. The van der Waals surface area contributed by atoms with Crippen molar-refractivity contribution in [3.63, 3.8) is 0 Å². The maximum Gasteiger partial charge on any atom is 0.231 e. The van der Waals surface area contributed by atoms with Crippen LogP contribution < -0.4 is 10.6 Å². The molecule has 0 radical (unpaired) electrons. The summed E-state index contributed by atoms with van der Waals surface area (Å²) in [5.74, 6) is 0.121. The lowest BCUT2D eigenvalue weighted by Crippen LogP contribution is -2.35. The van der Waals surface area contributed by atoms with Gasteiger partial charge >= 0.3 is 0 Å². The van der Waals surface area contributed by atoms with Crippen LogP contribution in [0, 0.1) is 19.3 Å². The third-order valence-electron chi connectivity index (χ3n) is 3.56. The molecule has 3 nitrogen and oxygen atoms in total. The van der Waals surface area contributed by atoms with Crippen LogP contribution in [-0.2, 0) is 4.79 Å². The van der Waals surface area contributed by atoms with Crippen LogP contribution in [-0.4, -0.2) is 19.0 Å². The van der Waals surface area contributed by atoms with Crippen molar-refractivity contribution in [1.82, 2.24) is 5.32 Å². The number of rotatable bonds is 2. The van der Waals surface area contributed by atoms with Crippen LogP contribution in [0.25, 0.3) is 0 Å². The Bertz CT molecular complexity index is 434. The van der Waals surface area contributed by atoms with Crippen molar-refractivity contribution in [3.05, 3.63) is 29.3 Å². The molecule has 0 aliphatic carbocycles. The van der Waals surface area contributed by atoms with Gasteiger partial charge in [-0.15, -0.1) is 0 Å². The summed E-state index contributed by atoms with van der Waals surface area (Å²) in [6.07, 6.45) is 0.906. The topological polar surface area (TPSA) is 41.1 Å². The first-order chi connectivity index (χ1) is 8.01. The summed E-state index contributed by atoms with van der Waals surface area (Å²) in [5.41, 5.74) is 2.94. The van der Waals surface area contributed by atoms with Gasteiger partial charge in [0.1, 0.15) is 0 Å². The van der Waals surface area contributed by atoms with E-state index in [1.54, 1.807) is 0 Å². The number of carbonyl (C=O) groups excluding carboxylic acids is 1. The lowest BCUT2D eigenvalue weighted by molar-refractivity contribution is -0.123. The largest absolute Gasteiger partial charge is 0.325 e. The van der Waals surface area contributed by atoms with Gasteiger partial charge in [-0.25, -0.2) is 0 Å².